The van der Waals surface area contributed by atoms with Gasteiger partial charge >= 0.3 is 0 Å². The summed E-state index contributed by atoms with van der Waals surface area (Å²) in [5.74, 6) is -0.0530. The predicted molar refractivity (Wildman–Crippen MR) is 74.0 cm³/mol. The summed E-state index contributed by atoms with van der Waals surface area (Å²) in [7, 11) is 0. The number of amides is 1. The molecule has 5 heteroatoms. The maximum atomic E-state index is 11.7. The summed E-state index contributed by atoms with van der Waals surface area (Å²) in [6.45, 7) is 0.456. The first kappa shape index (κ1) is 13.2. The van der Waals surface area contributed by atoms with Gasteiger partial charge in [0, 0.05) is 11.9 Å². The Balaban J connectivity index is 1.97. The quantitative estimate of drug-likeness (QED) is 0.868. The Bertz CT molecular complexity index is 553. The molecule has 0 saturated carbocycles. The smallest absolute Gasteiger partial charge is 0.287 e. The monoisotopic (exact) mass is 327 g/mol. The first-order chi connectivity index (χ1) is 8.69. The predicted octanol–water partition coefficient (Wildman–Crippen LogP) is 3.76. The van der Waals surface area contributed by atoms with Crippen LogP contribution in [-0.4, -0.2) is 5.91 Å². The Morgan fingerprint density at radius 1 is 1.28 bits per heavy atom. The van der Waals surface area contributed by atoms with Gasteiger partial charge in [-0.05, 0) is 34.9 Å². The van der Waals surface area contributed by atoms with Crippen LogP contribution < -0.4 is 5.32 Å². The van der Waals surface area contributed by atoms with Crippen molar-refractivity contribution in [3.8, 4) is 0 Å². The number of benzene rings is 1. The van der Waals surface area contributed by atoms with Gasteiger partial charge in [0.25, 0.3) is 5.91 Å². The zero-order valence-electron chi connectivity index (χ0n) is 9.45. The average Bonchev–Trinajstić information content (AvgIpc) is 2.83. The summed E-state index contributed by atoms with van der Waals surface area (Å²) < 4.78 is 5.02. The van der Waals surface area contributed by atoms with Crippen molar-refractivity contribution in [2.75, 3.05) is 0 Å². The number of halogens is 2. The summed E-state index contributed by atoms with van der Waals surface area (Å²) in [5, 5.41) is 3.78. The maximum Gasteiger partial charge on any atom is 0.287 e. The van der Waals surface area contributed by atoms with E-state index in [-0.39, 0.29) is 16.9 Å². The Morgan fingerprint density at radius 3 is 2.72 bits per heavy atom. The highest BCUT2D eigenvalue weighted by Gasteiger charge is 2.09. The van der Waals surface area contributed by atoms with Crippen molar-refractivity contribution < 1.29 is 9.21 Å². The van der Waals surface area contributed by atoms with Gasteiger partial charge in [0.2, 0.25) is 0 Å². The molecule has 1 amide bonds. The van der Waals surface area contributed by atoms with Crippen LogP contribution in [0.4, 0.5) is 0 Å². The van der Waals surface area contributed by atoms with E-state index in [0.29, 0.717) is 6.54 Å². The minimum Gasteiger partial charge on any atom is -0.440 e. The Kier molecular flexibility index (Phi) is 4.44. The molecule has 1 aromatic carbocycles. The van der Waals surface area contributed by atoms with Crippen molar-refractivity contribution in [1.29, 1.82) is 0 Å². The van der Waals surface area contributed by atoms with Crippen LogP contribution in [0.2, 0.25) is 5.22 Å². The van der Waals surface area contributed by atoms with Gasteiger partial charge in [-0.15, -0.1) is 0 Å². The molecule has 0 saturated heterocycles. The van der Waals surface area contributed by atoms with E-state index in [1.165, 1.54) is 5.56 Å². The van der Waals surface area contributed by atoms with Crippen molar-refractivity contribution in [3.63, 3.8) is 0 Å². The highest BCUT2D eigenvalue weighted by Crippen LogP contribution is 2.13. The minimum absolute atomic E-state index is 0.210. The van der Waals surface area contributed by atoms with Crippen molar-refractivity contribution in [2.45, 2.75) is 11.9 Å². The van der Waals surface area contributed by atoms with Gasteiger partial charge in [0.15, 0.2) is 11.0 Å². The molecule has 0 aliphatic carbocycles. The number of nitrogens with one attached hydrogen (secondary N) is 1. The summed E-state index contributed by atoms with van der Waals surface area (Å²) in [4.78, 5) is 11.7. The van der Waals surface area contributed by atoms with Crippen LogP contribution in [0.15, 0.2) is 40.8 Å². The number of rotatable bonds is 4. The van der Waals surface area contributed by atoms with E-state index in [0.717, 1.165) is 10.9 Å². The Morgan fingerprint density at radius 2 is 2.06 bits per heavy atom. The molecule has 94 valence electrons. The number of carbonyl (C=O) groups excluding carboxylic acids is 1. The molecule has 0 atom stereocenters. The third-order valence-electron chi connectivity index (χ3n) is 2.40. The summed E-state index contributed by atoms with van der Waals surface area (Å²) >= 11 is 9.00. The zero-order chi connectivity index (χ0) is 13.0. The lowest BCUT2D eigenvalue weighted by Crippen LogP contribution is -2.22. The van der Waals surface area contributed by atoms with Crippen LogP contribution in [-0.2, 0) is 11.9 Å². The normalized spacial score (nSPS) is 10.3. The molecule has 0 radical (unpaired) electrons. The van der Waals surface area contributed by atoms with Gasteiger partial charge < -0.3 is 9.73 Å². The molecule has 2 aromatic rings. The van der Waals surface area contributed by atoms with Crippen LogP contribution in [0.25, 0.3) is 0 Å². The largest absolute Gasteiger partial charge is 0.440 e. The zero-order valence-corrected chi connectivity index (χ0v) is 11.8. The molecule has 0 aliphatic heterocycles. The molecule has 0 spiro atoms. The van der Waals surface area contributed by atoms with E-state index in [2.05, 4.69) is 21.2 Å². The lowest BCUT2D eigenvalue weighted by molar-refractivity contribution is 0.0923. The standard InChI is InChI=1S/C13H11BrClNO2/c14-7-9-2-1-3-10(6-9)8-16-13(17)11-4-5-12(15)18-11/h1-6H,7-8H2,(H,16,17). The molecule has 0 bridgehead atoms. The minimum atomic E-state index is -0.272. The van der Waals surface area contributed by atoms with Crippen LogP contribution >= 0.6 is 27.5 Å². The van der Waals surface area contributed by atoms with E-state index in [4.69, 9.17) is 16.0 Å². The highest BCUT2D eigenvalue weighted by atomic mass is 79.9. The van der Waals surface area contributed by atoms with Gasteiger partial charge in [-0.3, -0.25) is 4.79 Å². The van der Waals surface area contributed by atoms with Crippen molar-refractivity contribution in [2.24, 2.45) is 0 Å². The van der Waals surface area contributed by atoms with E-state index < -0.39 is 0 Å². The lowest BCUT2D eigenvalue weighted by Gasteiger charge is -2.04. The molecule has 2 rings (SSSR count). The molecular formula is C13H11BrClNO2. The number of furan rings is 1. The number of alkyl halides is 1. The molecule has 0 aliphatic rings. The molecule has 18 heavy (non-hydrogen) atoms. The second kappa shape index (κ2) is 6.07. The SMILES string of the molecule is O=C(NCc1cccc(CBr)c1)c1ccc(Cl)o1. The van der Waals surface area contributed by atoms with Crippen LogP contribution in [0.3, 0.4) is 0 Å². The number of carbonyl (C=O) groups is 1. The fraction of sp³-hybridized carbons (Fsp3) is 0.154. The first-order valence-corrected chi connectivity index (χ1v) is 6.86. The van der Waals surface area contributed by atoms with Crippen molar-refractivity contribution in [1.82, 2.24) is 5.32 Å². The van der Waals surface area contributed by atoms with E-state index in [9.17, 15) is 4.79 Å². The van der Waals surface area contributed by atoms with Gasteiger partial charge in [0.05, 0.1) is 0 Å². The lowest BCUT2D eigenvalue weighted by atomic mass is 10.1. The average molecular weight is 329 g/mol. The summed E-state index contributed by atoms with van der Waals surface area (Å²) in [6.07, 6.45) is 0. The third kappa shape index (κ3) is 3.37. The third-order valence-corrected chi connectivity index (χ3v) is 3.25. The fourth-order valence-electron chi connectivity index (χ4n) is 1.53. The van der Waals surface area contributed by atoms with E-state index in [1.807, 2.05) is 24.3 Å². The van der Waals surface area contributed by atoms with Gasteiger partial charge in [0.1, 0.15) is 0 Å². The van der Waals surface area contributed by atoms with Crippen LogP contribution in [0.1, 0.15) is 21.7 Å². The Hall–Kier alpha value is -1.26. The van der Waals surface area contributed by atoms with Crippen LogP contribution in [0.5, 0.6) is 0 Å². The first-order valence-electron chi connectivity index (χ1n) is 5.36. The molecule has 0 unspecified atom stereocenters. The maximum absolute atomic E-state index is 11.7. The molecular weight excluding hydrogens is 318 g/mol. The highest BCUT2D eigenvalue weighted by molar-refractivity contribution is 9.08. The van der Waals surface area contributed by atoms with Crippen molar-refractivity contribution in [3.05, 3.63) is 58.5 Å². The topological polar surface area (TPSA) is 42.2 Å². The van der Waals surface area contributed by atoms with Gasteiger partial charge in [-0.25, -0.2) is 0 Å². The van der Waals surface area contributed by atoms with E-state index in [1.54, 1.807) is 12.1 Å². The summed E-state index contributed by atoms with van der Waals surface area (Å²) in [6, 6.07) is 11.1. The van der Waals surface area contributed by atoms with Gasteiger partial charge in [-0.2, -0.15) is 0 Å². The van der Waals surface area contributed by atoms with Gasteiger partial charge in [-0.1, -0.05) is 40.2 Å². The fourth-order valence-corrected chi connectivity index (χ4v) is 2.02. The number of hydrogen-bond donors (Lipinski definition) is 1. The second-order valence-electron chi connectivity index (χ2n) is 3.74. The summed E-state index contributed by atoms with van der Waals surface area (Å²) in [5.41, 5.74) is 2.21. The molecule has 1 aromatic heterocycles. The Labute approximate surface area is 118 Å². The molecule has 1 N–H and O–H groups in total. The number of hydrogen-bond acceptors (Lipinski definition) is 2. The second-order valence-corrected chi connectivity index (χ2v) is 4.67. The molecule has 3 nitrogen and oxygen atoms in total. The van der Waals surface area contributed by atoms with Crippen LogP contribution in [0, 0.1) is 0 Å². The van der Waals surface area contributed by atoms with Crippen molar-refractivity contribution >= 4 is 33.4 Å². The molecule has 0 fully saturated rings. The molecule has 1 heterocycles. The van der Waals surface area contributed by atoms with E-state index >= 15 is 0 Å².